The smallest absolute Gasteiger partial charge is 0.152 e. The Morgan fingerprint density at radius 3 is 2.13 bits per heavy atom. The van der Waals surface area contributed by atoms with Crippen molar-refractivity contribution in [2.75, 3.05) is 24.6 Å². The molecule has 0 spiro atoms. The van der Waals surface area contributed by atoms with E-state index >= 15 is 0 Å². The highest BCUT2D eigenvalue weighted by molar-refractivity contribution is 7.91. The van der Waals surface area contributed by atoms with Crippen LogP contribution < -0.4 is 0 Å². The van der Waals surface area contributed by atoms with Crippen molar-refractivity contribution in [1.82, 2.24) is 4.90 Å². The van der Waals surface area contributed by atoms with Gasteiger partial charge in [0.2, 0.25) is 0 Å². The predicted octanol–water partition coefficient (Wildman–Crippen LogP) is 1.15. The van der Waals surface area contributed by atoms with Crippen molar-refractivity contribution in [1.29, 1.82) is 0 Å². The summed E-state index contributed by atoms with van der Waals surface area (Å²) in [6, 6.07) is 0.674. The lowest BCUT2D eigenvalue weighted by atomic mass is 9.73. The van der Waals surface area contributed by atoms with Crippen LogP contribution >= 0.6 is 0 Å². The van der Waals surface area contributed by atoms with E-state index in [1.807, 2.05) is 0 Å². The van der Waals surface area contributed by atoms with Gasteiger partial charge < -0.3 is 0 Å². The number of nitrogens with zero attached hydrogens (tertiary/aromatic N) is 1. The fourth-order valence-electron chi connectivity index (χ4n) is 2.56. The van der Waals surface area contributed by atoms with Gasteiger partial charge in [0, 0.05) is 19.1 Å². The number of hydrogen-bond acceptors (Lipinski definition) is 3. The molecule has 15 heavy (non-hydrogen) atoms. The molecule has 0 radical (unpaired) electrons. The third-order valence-corrected chi connectivity index (χ3v) is 5.60. The second-order valence-corrected chi connectivity index (χ2v) is 7.62. The normalized spacial score (nSPS) is 36.5. The SMILES string of the molecule is CC(C)[C@H]1C[C@@H](N2CCS(=O)(=O)CC2)C1. The average molecular weight is 231 g/mol. The van der Waals surface area contributed by atoms with Crippen LogP contribution in [0.4, 0.5) is 0 Å². The fraction of sp³-hybridized carbons (Fsp3) is 1.00. The zero-order valence-corrected chi connectivity index (χ0v) is 10.5. The van der Waals surface area contributed by atoms with Gasteiger partial charge in [-0.05, 0) is 24.7 Å². The van der Waals surface area contributed by atoms with Crippen molar-refractivity contribution >= 4 is 9.84 Å². The fourth-order valence-corrected chi connectivity index (χ4v) is 3.79. The van der Waals surface area contributed by atoms with Crippen LogP contribution in [0.1, 0.15) is 26.7 Å². The lowest BCUT2D eigenvalue weighted by Crippen LogP contribution is -2.51. The van der Waals surface area contributed by atoms with Crippen molar-refractivity contribution < 1.29 is 8.42 Å². The molecule has 1 aliphatic carbocycles. The van der Waals surface area contributed by atoms with E-state index in [4.69, 9.17) is 0 Å². The Kier molecular flexibility index (Phi) is 3.08. The van der Waals surface area contributed by atoms with Crippen molar-refractivity contribution in [3.8, 4) is 0 Å². The second kappa shape index (κ2) is 4.06. The van der Waals surface area contributed by atoms with E-state index in [0.29, 0.717) is 17.5 Å². The standard InChI is InChI=1S/C11H21NO2S/c1-9(2)10-7-11(8-10)12-3-5-15(13,14)6-4-12/h9-11H,3-8H2,1-2H3/t10-,11+. The highest BCUT2D eigenvalue weighted by Gasteiger charge is 2.37. The van der Waals surface area contributed by atoms with Crippen molar-refractivity contribution in [2.45, 2.75) is 32.7 Å². The first-order chi connectivity index (χ1) is 6.98. The molecule has 0 atom stereocenters. The van der Waals surface area contributed by atoms with Gasteiger partial charge >= 0.3 is 0 Å². The molecule has 2 fully saturated rings. The summed E-state index contributed by atoms with van der Waals surface area (Å²) in [6.07, 6.45) is 2.55. The first kappa shape index (κ1) is 11.4. The molecule has 0 N–H and O–H groups in total. The van der Waals surface area contributed by atoms with E-state index in [1.165, 1.54) is 12.8 Å². The summed E-state index contributed by atoms with van der Waals surface area (Å²) in [7, 11) is -2.70. The molecule has 1 saturated heterocycles. The van der Waals surface area contributed by atoms with Crippen LogP contribution in [0.3, 0.4) is 0 Å². The molecule has 0 bridgehead atoms. The van der Waals surface area contributed by atoms with Crippen LogP contribution in [0.25, 0.3) is 0 Å². The molecule has 3 nitrogen and oxygen atoms in total. The van der Waals surface area contributed by atoms with Gasteiger partial charge in [0.25, 0.3) is 0 Å². The molecule has 1 aliphatic heterocycles. The topological polar surface area (TPSA) is 37.4 Å². The van der Waals surface area contributed by atoms with Crippen molar-refractivity contribution in [3.63, 3.8) is 0 Å². The van der Waals surface area contributed by atoms with E-state index in [9.17, 15) is 8.42 Å². The lowest BCUT2D eigenvalue weighted by molar-refractivity contribution is 0.0618. The zero-order valence-electron chi connectivity index (χ0n) is 9.65. The van der Waals surface area contributed by atoms with E-state index in [0.717, 1.165) is 24.9 Å². The molecule has 1 saturated carbocycles. The molecular formula is C11H21NO2S. The Balaban J connectivity index is 1.79. The highest BCUT2D eigenvalue weighted by atomic mass is 32.2. The maximum absolute atomic E-state index is 11.3. The van der Waals surface area contributed by atoms with E-state index in [2.05, 4.69) is 18.7 Å². The number of sulfone groups is 1. The molecule has 88 valence electrons. The molecule has 0 amide bonds. The molecular weight excluding hydrogens is 210 g/mol. The van der Waals surface area contributed by atoms with Gasteiger partial charge in [0.15, 0.2) is 9.84 Å². The Hall–Kier alpha value is -0.0900. The summed E-state index contributed by atoms with van der Waals surface area (Å²) in [6.45, 7) is 6.08. The Labute approximate surface area is 92.8 Å². The first-order valence-corrected chi connectivity index (χ1v) is 7.74. The molecule has 0 unspecified atom stereocenters. The van der Waals surface area contributed by atoms with Crippen molar-refractivity contribution in [3.05, 3.63) is 0 Å². The second-order valence-electron chi connectivity index (χ2n) is 5.32. The summed E-state index contributed by atoms with van der Waals surface area (Å²) >= 11 is 0. The van der Waals surface area contributed by atoms with E-state index in [1.54, 1.807) is 0 Å². The Morgan fingerprint density at radius 2 is 1.67 bits per heavy atom. The molecule has 0 aromatic rings. The summed E-state index contributed by atoms with van der Waals surface area (Å²) in [5.74, 6) is 2.40. The van der Waals surface area contributed by atoms with Crippen LogP contribution in [0.5, 0.6) is 0 Å². The Morgan fingerprint density at radius 1 is 1.13 bits per heavy atom. The molecule has 0 aromatic carbocycles. The van der Waals surface area contributed by atoms with Crippen LogP contribution in [0, 0.1) is 11.8 Å². The lowest BCUT2D eigenvalue weighted by Gasteiger charge is -2.46. The van der Waals surface area contributed by atoms with Gasteiger partial charge in [-0.25, -0.2) is 8.42 Å². The summed E-state index contributed by atoms with van der Waals surface area (Å²) in [4.78, 5) is 2.37. The quantitative estimate of drug-likeness (QED) is 0.715. The summed E-state index contributed by atoms with van der Waals surface area (Å²) in [5, 5.41) is 0. The van der Waals surface area contributed by atoms with E-state index in [-0.39, 0.29) is 0 Å². The maximum atomic E-state index is 11.3. The van der Waals surface area contributed by atoms with Crippen LogP contribution in [0.2, 0.25) is 0 Å². The minimum atomic E-state index is -2.70. The van der Waals surface area contributed by atoms with Crippen LogP contribution in [-0.4, -0.2) is 44.0 Å². The van der Waals surface area contributed by atoms with Gasteiger partial charge in [-0.3, -0.25) is 4.90 Å². The molecule has 1 heterocycles. The van der Waals surface area contributed by atoms with Crippen LogP contribution in [0.15, 0.2) is 0 Å². The summed E-state index contributed by atoms with van der Waals surface area (Å²) < 4.78 is 22.5. The van der Waals surface area contributed by atoms with Gasteiger partial charge in [-0.2, -0.15) is 0 Å². The minimum Gasteiger partial charge on any atom is -0.298 e. The zero-order chi connectivity index (χ0) is 11.1. The van der Waals surface area contributed by atoms with Gasteiger partial charge in [0.1, 0.15) is 0 Å². The van der Waals surface area contributed by atoms with Gasteiger partial charge in [-0.15, -0.1) is 0 Å². The number of hydrogen-bond donors (Lipinski definition) is 0. The molecule has 0 aromatic heterocycles. The molecule has 2 aliphatic rings. The Bertz CT molecular complexity index is 303. The minimum absolute atomic E-state index is 0.371. The van der Waals surface area contributed by atoms with Crippen molar-refractivity contribution in [2.24, 2.45) is 11.8 Å². The molecule has 2 rings (SSSR count). The highest BCUT2D eigenvalue weighted by Crippen LogP contribution is 2.37. The van der Waals surface area contributed by atoms with E-state index < -0.39 is 9.84 Å². The third-order valence-electron chi connectivity index (χ3n) is 3.99. The van der Waals surface area contributed by atoms with Crippen LogP contribution in [-0.2, 0) is 9.84 Å². The summed E-state index contributed by atoms with van der Waals surface area (Å²) in [5.41, 5.74) is 0. The molecule has 4 heteroatoms. The predicted molar refractivity (Wildman–Crippen MR) is 61.6 cm³/mol. The third kappa shape index (κ3) is 2.53. The van der Waals surface area contributed by atoms with Gasteiger partial charge in [-0.1, -0.05) is 13.8 Å². The monoisotopic (exact) mass is 231 g/mol. The van der Waals surface area contributed by atoms with Gasteiger partial charge in [0.05, 0.1) is 11.5 Å². The average Bonchev–Trinajstić information content (AvgIpc) is 2.04. The number of rotatable bonds is 2. The maximum Gasteiger partial charge on any atom is 0.152 e. The largest absolute Gasteiger partial charge is 0.298 e. The first-order valence-electron chi connectivity index (χ1n) is 5.92.